The van der Waals surface area contributed by atoms with Crippen LogP contribution in [-0.4, -0.2) is 42.6 Å². The second kappa shape index (κ2) is 9.09. The first kappa shape index (κ1) is 20.2. The number of carbonyl (C=O) groups excluding carboxylic acids is 2. The van der Waals surface area contributed by atoms with Gasteiger partial charge in [-0.3, -0.25) is 9.59 Å². The van der Waals surface area contributed by atoms with Crippen molar-refractivity contribution in [2.75, 3.05) is 30.0 Å². The number of hydrogen-bond donors (Lipinski definition) is 2. The molecule has 1 fully saturated rings. The van der Waals surface area contributed by atoms with Gasteiger partial charge < -0.3 is 24.8 Å². The molecule has 2 aromatic rings. The molecule has 0 spiro atoms. The molecule has 1 unspecified atom stereocenters. The number of rotatable bonds is 8. The van der Waals surface area contributed by atoms with Crippen LogP contribution in [0, 0.1) is 5.92 Å². The van der Waals surface area contributed by atoms with E-state index in [1.165, 1.54) is 0 Å². The van der Waals surface area contributed by atoms with Crippen LogP contribution in [0.5, 0.6) is 11.5 Å². The van der Waals surface area contributed by atoms with Gasteiger partial charge in [-0.25, -0.2) is 4.79 Å². The molecule has 0 saturated carbocycles. The number of amides is 2. The maximum atomic E-state index is 12.6. The number of nitrogens with zero attached hydrogens (tertiary/aromatic N) is 1. The molecular formula is C21H22N2O6. The lowest BCUT2D eigenvalue weighted by Crippen LogP contribution is -2.28. The quantitative estimate of drug-likeness (QED) is 0.708. The summed E-state index contributed by atoms with van der Waals surface area (Å²) in [6, 6.07) is 13.6. The molecule has 152 valence electrons. The number of carboxylic acid groups (broad SMARTS) is 1. The Morgan fingerprint density at radius 3 is 2.55 bits per heavy atom. The average molecular weight is 398 g/mol. The average Bonchev–Trinajstić information content (AvgIpc) is 3.10. The Labute approximate surface area is 168 Å². The highest BCUT2D eigenvalue weighted by molar-refractivity contribution is 6.04. The fraction of sp³-hybridized carbons (Fsp3) is 0.286. The Hall–Kier alpha value is -3.55. The highest BCUT2D eigenvalue weighted by Gasteiger charge is 2.36. The van der Waals surface area contributed by atoms with Crippen molar-refractivity contribution in [2.24, 2.45) is 5.92 Å². The lowest BCUT2D eigenvalue weighted by molar-refractivity contribution is -0.139. The van der Waals surface area contributed by atoms with Crippen LogP contribution >= 0.6 is 0 Å². The number of hydrogen-bond acceptors (Lipinski definition) is 5. The number of carbonyl (C=O) groups is 3. The monoisotopic (exact) mass is 398 g/mol. The minimum Gasteiger partial charge on any atom is -0.492 e. The topological polar surface area (TPSA) is 105 Å². The summed E-state index contributed by atoms with van der Waals surface area (Å²) in [6.07, 6.45) is 0.117. The van der Waals surface area contributed by atoms with E-state index in [2.05, 4.69) is 5.32 Å². The molecule has 2 N–H and O–H groups in total. The van der Waals surface area contributed by atoms with E-state index < -0.39 is 18.5 Å². The molecule has 1 aliphatic heterocycles. The predicted octanol–water partition coefficient (Wildman–Crippen LogP) is 2.54. The molecule has 1 aliphatic rings. The molecule has 1 saturated heterocycles. The maximum absolute atomic E-state index is 12.6. The van der Waals surface area contributed by atoms with Gasteiger partial charge in [-0.1, -0.05) is 12.1 Å². The van der Waals surface area contributed by atoms with Crippen LogP contribution in [0.1, 0.15) is 13.3 Å². The first-order chi connectivity index (χ1) is 14.0. The van der Waals surface area contributed by atoms with Gasteiger partial charge in [0.25, 0.3) is 0 Å². The van der Waals surface area contributed by atoms with Crippen molar-refractivity contribution >= 4 is 29.2 Å². The standard InChI is InChI=1S/C21H22N2O6/c1-2-28-18-6-4-3-5-17(18)23-12-14(11-19(23)24)21(27)22-15-7-9-16(10-8-15)29-13-20(25)26/h3-10,14H,2,11-13H2,1H3,(H,22,27)(H,25,26). The summed E-state index contributed by atoms with van der Waals surface area (Å²) in [5.74, 6) is -0.936. The molecular weight excluding hydrogens is 376 g/mol. The van der Waals surface area contributed by atoms with E-state index in [9.17, 15) is 14.4 Å². The van der Waals surface area contributed by atoms with Gasteiger partial charge in [0.2, 0.25) is 11.8 Å². The van der Waals surface area contributed by atoms with Crippen LogP contribution < -0.4 is 19.7 Å². The highest BCUT2D eigenvalue weighted by atomic mass is 16.5. The van der Waals surface area contributed by atoms with E-state index in [-0.39, 0.29) is 24.8 Å². The summed E-state index contributed by atoms with van der Waals surface area (Å²) in [5.41, 5.74) is 1.20. The van der Waals surface area contributed by atoms with Crippen LogP contribution in [-0.2, 0) is 14.4 Å². The highest BCUT2D eigenvalue weighted by Crippen LogP contribution is 2.33. The summed E-state index contributed by atoms with van der Waals surface area (Å²) < 4.78 is 10.7. The van der Waals surface area contributed by atoms with Crippen molar-refractivity contribution in [3.05, 3.63) is 48.5 Å². The van der Waals surface area contributed by atoms with Crippen LogP contribution in [0.15, 0.2) is 48.5 Å². The second-order valence-corrected chi connectivity index (χ2v) is 6.50. The summed E-state index contributed by atoms with van der Waals surface area (Å²) in [6.45, 7) is 2.19. The normalized spacial score (nSPS) is 15.8. The number of anilines is 2. The molecule has 0 radical (unpaired) electrons. The third kappa shape index (κ3) is 5.04. The van der Waals surface area contributed by atoms with Crippen LogP contribution in [0.3, 0.4) is 0 Å². The Morgan fingerprint density at radius 2 is 1.86 bits per heavy atom. The SMILES string of the molecule is CCOc1ccccc1N1CC(C(=O)Nc2ccc(OCC(=O)O)cc2)CC1=O. The van der Waals surface area contributed by atoms with Crippen molar-refractivity contribution in [1.29, 1.82) is 0 Å². The lowest BCUT2D eigenvalue weighted by Gasteiger charge is -2.20. The minimum atomic E-state index is -1.07. The molecule has 2 amide bonds. The van der Waals surface area contributed by atoms with Crippen molar-refractivity contribution in [3.8, 4) is 11.5 Å². The molecule has 2 aromatic carbocycles. The number of benzene rings is 2. The van der Waals surface area contributed by atoms with E-state index in [1.54, 1.807) is 41.3 Å². The zero-order chi connectivity index (χ0) is 20.8. The van der Waals surface area contributed by atoms with Gasteiger partial charge in [0.15, 0.2) is 6.61 Å². The smallest absolute Gasteiger partial charge is 0.341 e. The van der Waals surface area contributed by atoms with Gasteiger partial charge in [0.1, 0.15) is 11.5 Å². The summed E-state index contributed by atoms with van der Waals surface area (Å²) in [4.78, 5) is 37.2. The van der Waals surface area contributed by atoms with E-state index in [0.717, 1.165) is 0 Å². The van der Waals surface area contributed by atoms with Crippen LogP contribution in [0.25, 0.3) is 0 Å². The summed E-state index contributed by atoms with van der Waals surface area (Å²) >= 11 is 0. The lowest BCUT2D eigenvalue weighted by atomic mass is 10.1. The molecule has 0 bridgehead atoms. The van der Waals surface area contributed by atoms with Crippen molar-refractivity contribution in [3.63, 3.8) is 0 Å². The van der Waals surface area contributed by atoms with Gasteiger partial charge in [-0.05, 0) is 43.3 Å². The zero-order valence-electron chi connectivity index (χ0n) is 16.0. The first-order valence-electron chi connectivity index (χ1n) is 9.25. The summed E-state index contributed by atoms with van der Waals surface area (Å²) in [7, 11) is 0. The Bertz CT molecular complexity index is 896. The Balaban J connectivity index is 1.63. The molecule has 0 aromatic heterocycles. The van der Waals surface area contributed by atoms with Crippen molar-refractivity contribution < 1.29 is 29.0 Å². The number of para-hydroxylation sites is 2. The third-order valence-electron chi connectivity index (χ3n) is 4.44. The number of aliphatic carboxylic acids is 1. The molecule has 8 nitrogen and oxygen atoms in total. The maximum Gasteiger partial charge on any atom is 0.341 e. The van der Waals surface area contributed by atoms with Crippen LogP contribution in [0.4, 0.5) is 11.4 Å². The fourth-order valence-corrected chi connectivity index (χ4v) is 3.10. The van der Waals surface area contributed by atoms with Crippen molar-refractivity contribution in [1.82, 2.24) is 0 Å². The first-order valence-corrected chi connectivity index (χ1v) is 9.25. The molecule has 29 heavy (non-hydrogen) atoms. The van der Waals surface area contributed by atoms with E-state index >= 15 is 0 Å². The third-order valence-corrected chi connectivity index (χ3v) is 4.44. The predicted molar refractivity (Wildman–Crippen MR) is 106 cm³/mol. The van der Waals surface area contributed by atoms with Crippen LogP contribution in [0.2, 0.25) is 0 Å². The number of nitrogens with one attached hydrogen (secondary N) is 1. The fourth-order valence-electron chi connectivity index (χ4n) is 3.10. The Kier molecular flexibility index (Phi) is 6.33. The molecule has 1 heterocycles. The van der Waals surface area contributed by atoms with Gasteiger partial charge in [-0.15, -0.1) is 0 Å². The second-order valence-electron chi connectivity index (χ2n) is 6.50. The minimum absolute atomic E-state index is 0.117. The van der Waals surface area contributed by atoms with Crippen molar-refractivity contribution in [2.45, 2.75) is 13.3 Å². The Morgan fingerprint density at radius 1 is 1.14 bits per heavy atom. The number of ether oxygens (including phenoxy) is 2. The van der Waals surface area contributed by atoms with Gasteiger partial charge in [-0.2, -0.15) is 0 Å². The van der Waals surface area contributed by atoms with E-state index in [0.29, 0.717) is 29.5 Å². The molecule has 8 heteroatoms. The van der Waals surface area contributed by atoms with Gasteiger partial charge >= 0.3 is 5.97 Å². The largest absolute Gasteiger partial charge is 0.492 e. The zero-order valence-corrected chi connectivity index (χ0v) is 16.0. The van der Waals surface area contributed by atoms with Gasteiger partial charge in [0.05, 0.1) is 18.2 Å². The van der Waals surface area contributed by atoms with Gasteiger partial charge in [0, 0.05) is 18.7 Å². The number of carboxylic acids is 1. The molecule has 1 atom stereocenters. The molecule has 0 aliphatic carbocycles. The molecule has 3 rings (SSSR count). The summed E-state index contributed by atoms with van der Waals surface area (Å²) in [5, 5.41) is 11.4. The van der Waals surface area contributed by atoms with E-state index in [4.69, 9.17) is 14.6 Å². The van der Waals surface area contributed by atoms with E-state index in [1.807, 2.05) is 19.1 Å².